The fourth-order valence-electron chi connectivity index (χ4n) is 1.63. The van der Waals surface area contributed by atoms with Crippen LogP contribution in [0, 0.1) is 6.92 Å². The molecule has 0 radical (unpaired) electrons. The number of thiazole rings is 1. The van der Waals surface area contributed by atoms with Gasteiger partial charge in [-0.25, -0.2) is 4.98 Å². The third kappa shape index (κ3) is 2.92. The van der Waals surface area contributed by atoms with E-state index in [9.17, 15) is 4.79 Å². The summed E-state index contributed by atoms with van der Waals surface area (Å²) in [5.41, 5.74) is 4.11. The first-order valence-electron chi connectivity index (χ1n) is 5.82. The van der Waals surface area contributed by atoms with Crippen molar-refractivity contribution in [1.29, 1.82) is 0 Å². The van der Waals surface area contributed by atoms with Gasteiger partial charge in [0.2, 0.25) is 0 Å². The van der Waals surface area contributed by atoms with Gasteiger partial charge in [0.05, 0.1) is 17.2 Å². The van der Waals surface area contributed by atoms with Crippen LogP contribution in [0.3, 0.4) is 0 Å². The molecule has 0 aromatic carbocycles. The molecular weight excluding hydrogens is 246 g/mol. The van der Waals surface area contributed by atoms with Crippen LogP contribution in [0.4, 0.5) is 0 Å². The standard InChI is InChI=1S/C13H15N3OS/c1-3-10(11-5-4-9(2)6-14-11)16-13(17)12-7-18-8-15-12/h4-8,10H,3H2,1-2H3,(H,16,17). The fourth-order valence-corrected chi connectivity index (χ4v) is 2.16. The van der Waals surface area contributed by atoms with Crippen molar-refractivity contribution in [2.75, 3.05) is 0 Å². The first-order valence-corrected chi connectivity index (χ1v) is 6.76. The number of hydrogen-bond acceptors (Lipinski definition) is 4. The van der Waals surface area contributed by atoms with Gasteiger partial charge < -0.3 is 5.32 Å². The lowest BCUT2D eigenvalue weighted by atomic mass is 10.1. The first-order chi connectivity index (χ1) is 8.70. The quantitative estimate of drug-likeness (QED) is 0.920. The second-order valence-electron chi connectivity index (χ2n) is 4.07. The highest BCUT2D eigenvalue weighted by Gasteiger charge is 2.16. The van der Waals surface area contributed by atoms with Crippen LogP contribution < -0.4 is 5.32 Å². The van der Waals surface area contributed by atoms with Crippen molar-refractivity contribution in [1.82, 2.24) is 15.3 Å². The molecule has 1 unspecified atom stereocenters. The predicted molar refractivity (Wildman–Crippen MR) is 71.6 cm³/mol. The minimum absolute atomic E-state index is 0.0696. The van der Waals surface area contributed by atoms with E-state index < -0.39 is 0 Å². The summed E-state index contributed by atoms with van der Waals surface area (Å²) in [6, 6.07) is 3.88. The Morgan fingerprint density at radius 2 is 2.28 bits per heavy atom. The SMILES string of the molecule is CCC(NC(=O)c1cscn1)c1ccc(C)cn1. The van der Waals surface area contributed by atoms with Gasteiger partial charge in [-0.3, -0.25) is 9.78 Å². The number of nitrogens with one attached hydrogen (secondary N) is 1. The normalized spacial score (nSPS) is 12.1. The summed E-state index contributed by atoms with van der Waals surface area (Å²) in [4.78, 5) is 20.3. The van der Waals surface area contributed by atoms with Crippen molar-refractivity contribution < 1.29 is 4.79 Å². The lowest BCUT2D eigenvalue weighted by Crippen LogP contribution is -2.28. The van der Waals surface area contributed by atoms with Crippen LogP contribution in [-0.2, 0) is 0 Å². The predicted octanol–water partition coefficient (Wildman–Crippen LogP) is 2.73. The Balaban J connectivity index is 2.10. The molecule has 94 valence electrons. The summed E-state index contributed by atoms with van der Waals surface area (Å²) in [6.07, 6.45) is 2.61. The maximum atomic E-state index is 11.9. The van der Waals surface area contributed by atoms with E-state index in [2.05, 4.69) is 15.3 Å². The van der Waals surface area contributed by atoms with E-state index in [-0.39, 0.29) is 11.9 Å². The van der Waals surface area contributed by atoms with Crippen molar-refractivity contribution in [3.05, 3.63) is 46.2 Å². The Bertz CT molecular complexity index is 508. The molecule has 0 saturated carbocycles. The second kappa shape index (κ2) is 5.73. The van der Waals surface area contributed by atoms with E-state index >= 15 is 0 Å². The number of hydrogen-bond donors (Lipinski definition) is 1. The number of carbonyl (C=O) groups excluding carboxylic acids is 1. The van der Waals surface area contributed by atoms with Crippen LogP contribution in [0.1, 0.15) is 41.1 Å². The topological polar surface area (TPSA) is 54.9 Å². The third-order valence-electron chi connectivity index (χ3n) is 2.67. The average Bonchev–Trinajstić information content (AvgIpc) is 2.91. The molecular formula is C13H15N3OS. The minimum Gasteiger partial charge on any atom is -0.342 e. The Hall–Kier alpha value is -1.75. The Kier molecular flexibility index (Phi) is 4.04. The van der Waals surface area contributed by atoms with Gasteiger partial charge in [0.1, 0.15) is 5.69 Å². The molecule has 0 saturated heterocycles. The lowest BCUT2D eigenvalue weighted by Gasteiger charge is -2.15. The summed E-state index contributed by atoms with van der Waals surface area (Å²) in [6.45, 7) is 4.01. The zero-order valence-corrected chi connectivity index (χ0v) is 11.2. The molecule has 0 aliphatic rings. The molecule has 1 N–H and O–H groups in total. The van der Waals surface area contributed by atoms with Crippen LogP contribution in [0.25, 0.3) is 0 Å². The molecule has 0 fully saturated rings. The maximum Gasteiger partial charge on any atom is 0.271 e. The largest absolute Gasteiger partial charge is 0.342 e. The van der Waals surface area contributed by atoms with Gasteiger partial charge in [-0.1, -0.05) is 13.0 Å². The molecule has 0 spiro atoms. The molecule has 2 rings (SSSR count). The average molecular weight is 261 g/mol. The van der Waals surface area contributed by atoms with Crippen LogP contribution in [0.5, 0.6) is 0 Å². The van der Waals surface area contributed by atoms with Gasteiger partial charge in [-0.15, -0.1) is 11.3 Å². The van der Waals surface area contributed by atoms with Crippen molar-refractivity contribution in [2.24, 2.45) is 0 Å². The molecule has 0 aliphatic heterocycles. The van der Waals surface area contributed by atoms with Crippen LogP contribution in [-0.4, -0.2) is 15.9 Å². The van der Waals surface area contributed by atoms with E-state index in [1.807, 2.05) is 32.2 Å². The number of aryl methyl sites for hydroxylation is 1. The summed E-state index contributed by atoms with van der Waals surface area (Å²) >= 11 is 1.41. The molecule has 1 atom stereocenters. The number of carbonyl (C=O) groups is 1. The summed E-state index contributed by atoms with van der Waals surface area (Å²) in [5.74, 6) is -0.148. The van der Waals surface area contributed by atoms with Gasteiger partial charge in [0.15, 0.2) is 0 Å². The molecule has 18 heavy (non-hydrogen) atoms. The van der Waals surface area contributed by atoms with E-state index in [1.165, 1.54) is 11.3 Å². The zero-order chi connectivity index (χ0) is 13.0. The van der Waals surface area contributed by atoms with E-state index in [4.69, 9.17) is 0 Å². The number of aromatic nitrogens is 2. The molecule has 0 aliphatic carbocycles. The summed E-state index contributed by atoms with van der Waals surface area (Å²) < 4.78 is 0. The number of nitrogens with zero attached hydrogens (tertiary/aromatic N) is 2. The van der Waals surface area contributed by atoms with Gasteiger partial charge in [0.25, 0.3) is 5.91 Å². The highest BCUT2D eigenvalue weighted by molar-refractivity contribution is 7.07. The van der Waals surface area contributed by atoms with Gasteiger partial charge in [0, 0.05) is 11.6 Å². The fraction of sp³-hybridized carbons (Fsp3) is 0.308. The Morgan fingerprint density at radius 3 is 2.83 bits per heavy atom. The molecule has 0 bridgehead atoms. The van der Waals surface area contributed by atoms with E-state index in [0.29, 0.717) is 5.69 Å². The van der Waals surface area contributed by atoms with E-state index in [1.54, 1.807) is 10.9 Å². The third-order valence-corrected chi connectivity index (χ3v) is 3.26. The Labute approximate surface area is 110 Å². The van der Waals surface area contributed by atoms with Gasteiger partial charge in [-0.2, -0.15) is 0 Å². The number of amides is 1. The Morgan fingerprint density at radius 1 is 1.44 bits per heavy atom. The smallest absolute Gasteiger partial charge is 0.271 e. The number of rotatable bonds is 4. The summed E-state index contributed by atoms with van der Waals surface area (Å²) in [7, 11) is 0. The molecule has 5 heteroatoms. The second-order valence-corrected chi connectivity index (χ2v) is 4.79. The number of pyridine rings is 1. The van der Waals surface area contributed by atoms with E-state index in [0.717, 1.165) is 17.7 Å². The molecule has 4 nitrogen and oxygen atoms in total. The monoisotopic (exact) mass is 261 g/mol. The molecule has 1 amide bonds. The minimum atomic E-state index is -0.148. The molecule has 2 heterocycles. The molecule has 2 aromatic heterocycles. The molecule has 2 aromatic rings. The highest BCUT2D eigenvalue weighted by Crippen LogP contribution is 2.15. The van der Waals surface area contributed by atoms with Crippen molar-refractivity contribution in [3.63, 3.8) is 0 Å². The zero-order valence-electron chi connectivity index (χ0n) is 10.4. The van der Waals surface area contributed by atoms with Crippen LogP contribution in [0.2, 0.25) is 0 Å². The van der Waals surface area contributed by atoms with Gasteiger partial charge >= 0.3 is 0 Å². The first kappa shape index (κ1) is 12.7. The highest BCUT2D eigenvalue weighted by atomic mass is 32.1. The van der Waals surface area contributed by atoms with Crippen molar-refractivity contribution in [2.45, 2.75) is 26.3 Å². The van der Waals surface area contributed by atoms with Gasteiger partial charge in [-0.05, 0) is 25.0 Å². The maximum absolute atomic E-state index is 11.9. The van der Waals surface area contributed by atoms with Crippen LogP contribution >= 0.6 is 11.3 Å². The van der Waals surface area contributed by atoms with Crippen molar-refractivity contribution in [3.8, 4) is 0 Å². The lowest BCUT2D eigenvalue weighted by molar-refractivity contribution is 0.0930. The van der Waals surface area contributed by atoms with Crippen LogP contribution in [0.15, 0.2) is 29.2 Å². The van der Waals surface area contributed by atoms with Crippen molar-refractivity contribution >= 4 is 17.2 Å². The summed E-state index contributed by atoms with van der Waals surface area (Å²) in [5, 5.41) is 4.69.